The molecule has 0 saturated heterocycles. The number of carbonyl (C=O) groups excluding carboxylic acids is 3. The van der Waals surface area contributed by atoms with E-state index in [1.54, 1.807) is 19.3 Å². The average Bonchev–Trinajstić information content (AvgIpc) is 3.56. The average molecular weight is 654 g/mol. The normalized spacial score (nSPS) is 18.2. The van der Waals surface area contributed by atoms with Crippen LogP contribution in [0.5, 0.6) is 0 Å². The van der Waals surface area contributed by atoms with Gasteiger partial charge in [0.15, 0.2) is 11.3 Å². The van der Waals surface area contributed by atoms with Crippen LogP contribution in [0.4, 0.5) is 22.0 Å². The van der Waals surface area contributed by atoms with E-state index in [-0.39, 0.29) is 55.7 Å². The molecule has 2 aliphatic rings. The number of likely N-dealkylation sites (N-methyl/N-ethyl adjacent to an activating group) is 1. The zero-order valence-electron chi connectivity index (χ0n) is 25.4. The van der Waals surface area contributed by atoms with Gasteiger partial charge in [0, 0.05) is 39.8 Å². The maximum Gasteiger partial charge on any atom is 0.389 e. The van der Waals surface area contributed by atoms with Gasteiger partial charge in [-0.15, -0.1) is 5.10 Å². The van der Waals surface area contributed by atoms with Crippen molar-refractivity contribution >= 4 is 23.4 Å². The molecule has 2 N–H and O–H groups in total. The number of carbonyl (C=O) groups is 3. The summed E-state index contributed by atoms with van der Waals surface area (Å²) in [6, 6.07) is 0.387. The fourth-order valence-corrected chi connectivity index (χ4v) is 5.58. The van der Waals surface area contributed by atoms with E-state index in [1.807, 2.05) is 0 Å². The van der Waals surface area contributed by atoms with E-state index in [2.05, 4.69) is 30.9 Å². The van der Waals surface area contributed by atoms with Crippen molar-refractivity contribution in [2.75, 3.05) is 13.6 Å². The minimum atomic E-state index is -4.44. The smallest absolute Gasteiger partial charge is 0.349 e. The number of alkyl halides is 5. The highest BCUT2D eigenvalue weighted by Crippen LogP contribution is 2.43. The van der Waals surface area contributed by atoms with Crippen LogP contribution in [0.15, 0.2) is 24.7 Å². The standard InChI is InChI=1S/C29H36F5N9O3/c1-17(44)41(2)11-12-43-36-15-21(40-43)27(46)39-26(19-5-8-28(30,31)9-6-19)22-16-42-23(37-22)13-20(14-35-42)25(18-3-4-18)38-24(45)7-10-29(32,33)34/h13-16,18-19,25-26H,3-12H2,1-2H3,(H,38,45)(H,39,46)/t25-,26+/m1/s1. The van der Waals surface area contributed by atoms with Crippen LogP contribution in [0.3, 0.4) is 0 Å². The Balaban J connectivity index is 1.35. The summed E-state index contributed by atoms with van der Waals surface area (Å²) in [7, 11) is 1.63. The maximum absolute atomic E-state index is 14.1. The number of fused-ring (bicyclic) bond motifs is 1. The van der Waals surface area contributed by atoms with Gasteiger partial charge in [0.1, 0.15) is 0 Å². The molecule has 3 aromatic rings. The van der Waals surface area contributed by atoms with Gasteiger partial charge in [0.05, 0.1) is 49.3 Å². The van der Waals surface area contributed by atoms with Crippen LogP contribution in [0, 0.1) is 11.8 Å². The Morgan fingerprint density at radius 3 is 2.39 bits per heavy atom. The monoisotopic (exact) mass is 653 g/mol. The molecule has 46 heavy (non-hydrogen) atoms. The maximum atomic E-state index is 14.1. The third-order valence-corrected chi connectivity index (χ3v) is 8.54. The van der Waals surface area contributed by atoms with Crippen molar-refractivity contribution in [2.45, 2.75) is 89.0 Å². The quantitative estimate of drug-likeness (QED) is 0.282. The van der Waals surface area contributed by atoms with Gasteiger partial charge in [-0.3, -0.25) is 14.4 Å². The lowest BCUT2D eigenvalue weighted by Crippen LogP contribution is -2.37. The highest BCUT2D eigenvalue weighted by atomic mass is 19.4. The highest BCUT2D eigenvalue weighted by Gasteiger charge is 2.40. The lowest BCUT2D eigenvalue weighted by molar-refractivity contribution is -0.144. The second kappa shape index (κ2) is 13.3. The molecule has 17 heteroatoms. The molecule has 3 aromatic heterocycles. The summed E-state index contributed by atoms with van der Waals surface area (Å²) < 4.78 is 67.5. The first-order chi connectivity index (χ1) is 21.7. The molecule has 250 valence electrons. The van der Waals surface area contributed by atoms with Crippen molar-refractivity contribution in [1.82, 2.24) is 45.1 Å². The molecule has 0 bridgehead atoms. The molecule has 2 atom stereocenters. The lowest BCUT2D eigenvalue weighted by Gasteiger charge is -2.33. The summed E-state index contributed by atoms with van der Waals surface area (Å²) in [6.45, 7) is 2.02. The molecule has 0 aliphatic heterocycles. The number of hydrogen-bond donors (Lipinski definition) is 2. The van der Waals surface area contributed by atoms with Crippen molar-refractivity contribution in [3.8, 4) is 0 Å². The van der Waals surface area contributed by atoms with Gasteiger partial charge in [0.25, 0.3) is 5.91 Å². The molecule has 0 radical (unpaired) electrons. The Hall–Kier alpha value is -4.18. The Kier molecular flexibility index (Phi) is 9.58. The molecule has 2 fully saturated rings. The minimum absolute atomic E-state index is 0.00864. The Labute approximate surface area is 261 Å². The molecule has 12 nitrogen and oxygen atoms in total. The van der Waals surface area contributed by atoms with Crippen molar-refractivity contribution in [3.63, 3.8) is 0 Å². The van der Waals surface area contributed by atoms with E-state index in [0.29, 0.717) is 23.4 Å². The van der Waals surface area contributed by atoms with Gasteiger partial charge in [-0.1, -0.05) is 0 Å². The zero-order chi connectivity index (χ0) is 33.2. The molecule has 0 unspecified atom stereocenters. The first-order valence-electron chi connectivity index (χ1n) is 15.2. The predicted octanol–water partition coefficient (Wildman–Crippen LogP) is 4.01. The molecule has 3 heterocycles. The molecular weight excluding hydrogens is 617 g/mol. The predicted molar refractivity (Wildman–Crippen MR) is 152 cm³/mol. The number of rotatable bonds is 12. The Morgan fingerprint density at radius 2 is 1.74 bits per heavy atom. The summed E-state index contributed by atoms with van der Waals surface area (Å²) in [5, 5.41) is 18.3. The molecule has 3 amide bonds. The van der Waals surface area contributed by atoms with Crippen LogP contribution >= 0.6 is 0 Å². The van der Waals surface area contributed by atoms with E-state index in [9.17, 15) is 36.3 Å². The largest absolute Gasteiger partial charge is 0.389 e. The number of aromatic nitrogens is 6. The fourth-order valence-electron chi connectivity index (χ4n) is 5.58. The Morgan fingerprint density at radius 1 is 1.04 bits per heavy atom. The summed E-state index contributed by atoms with van der Waals surface area (Å²) >= 11 is 0. The number of amides is 3. The lowest BCUT2D eigenvalue weighted by atomic mass is 9.81. The van der Waals surface area contributed by atoms with Gasteiger partial charge in [-0.25, -0.2) is 18.3 Å². The van der Waals surface area contributed by atoms with Crippen LogP contribution in [-0.4, -0.2) is 77.9 Å². The van der Waals surface area contributed by atoms with Gasteiger partial charge in [-0.05, 0) is 49.1 Å². The van der Waals surface area contributed by atoms with Crippen LogP contribution in [0.1, 0.15) is 92.1 Å². The molecule has 0 spiro atoms. The minimum Gasteiger partial charge on any atom is -0.349 e. The molecular formula is C29H36F5N9O3. The summed E-state index contributed by atoms with van der Waals surface area (Å²) in [5.41, 5.74) is 1.34. The number of imidazole rings is 1. The second-order valence-corrected chi connectivity index (χ2v) is 12.2. The van der Waals surface area contributed by atoms with Crippen molar-refractivity contribution < 1.29 is 36.3 Å². The van der Waals surface area contributed by atoms with Gasteiger partial charge >= 0.3 is 6.18 Å². The van der Waals surface area contributed by atoms with Crippen LogP contribution < -0.4 is 10.6 Å². The third-order valence-electron chi connectivity index (χ3n) is 8.54. The summed E-state index contributed by atoms with van der Waals surface area (Å²) in [4.78, 5) is 44.6. The third kappa shape index (κ3) is 8.54. The van der Waals surface area contributed by atoms with Gasteiger partial charge < -0.3 is 15.5 Å². The molecule has 2 aliphatic carbocycles. The zero-order valence-corrected chi connectivity index (χ0v) is 25.4. The number of nitrogens with one attached hydrogen (secondary N) is 2. The van der Waals surface area contributed by atoms with Crippen LogP contribution in [0.25, 0.3) is 5.65 Å². The van der Waals surface area contributed by atoms with E-state index in [1.165, 1.54) is 33.5 Å². The number of halogens is 5. The van der Waals surface area contributed by atoms with E-state index < -0.39 is 48.8 Å². The summed E-state index contributed by atoms with van der Waals surface area (Å²) in [5.74, 6) is -4.51. The highest BCUT2D eigenvalue weighted by molar-refractivity contribution is 5.92. The number of hydrogen-bond acceptors (Lipinski definition) is 7. The molecule has 0 aromatic carbocycles. The molecule has 2 saturated carbocycles. The van der Waals surface area contributed by atoms with Gasteiger partial charge in [0.2, 0.25) is 17.7 Å². The van der Waals surface area contributed by atoms with E-state index >= 15 is 0 Å². The van der Waals surface area contributed by atoms with Crippen molar-refractivity contribution in [1.29, 1.82) is 0 Å². The SMILES string of the molecule is CC(=O)N(C)CCn1ncc(C(=O)N[C@H](c2cn3ncc([C@H](NC(=O)CCC(F)(F)F)C4CC4)cc3n2)C2CCC(F)(F)CC2)n1. The fraction of sp³-hybridized carbons (Fsp3) is 0.621. The second-order valence-electron chi connectivity index (χ2n) is 12.2. The van der Waals surface area contributed by atoms with Crippen molar-refractivity contribution in [3.05, 3.63) is 41.6 Å². The van der Waals surface area contributed by atoms with E-state index in [4.69, 9.17) is 0 Å². The Bertz CT molecular complexity index is 1560. The first kappa shape index (κ1) is 33.2. The van der Waals surface area contributed by atoms with Crippen LogP contribution in [-0.2, 0) is 16.1 Å². The molecule has 5 rings (SSSR count). The summed E-state index contributed by atoms with van der Waals surface area (Å²) in [6.07, 6.45) is -0.733. The van der Waals surface area contributed by atoms with E-state index in [0.717, 1.165) is 12.8 Å². The topological polar surface area (TPSA) is 139 Å². The van der Waals surface area contributed by atoms with Gasteiger partial charge in [-0.2, -0.15) is 28.2 Å². The van der Waals surface area contributed by atoms with Crippen LogP contribution in [0.2, 0.25) is 0 Å². The number of nitrogens with zero attached hydrogens (tertiary/aromatic N) is 7. The first-order valence-corrected chi connectivity index (χ1v) is 15.2. The van der Waals surface area contributed by atoms with Crippen molar-refractivity contribution in [2.24, 2.45) is 11.8 Å².